The van der Waals surface area contributed by atoms with Crippen LogP contribution in [0.3, 0.4) is 0 Å². The van der Waals surface area contributed by atoms with Gasteiger partial charge in [0.2, 0.25) is 5.91 Å². The summed E-state index contributed by atoms with van der Waals surface area (Å²) in [4.78, 5) is 30.2. The Hall–Kier alpha value is -3.42. The van der Waals surface area contributed by atoms with Gasteiger partial charge < -0.3 is 15.0 Å². The van der Waals surface area contributed by atoms with E-state index >= 15 is 0 Å². The quantitative estimate of drug-likeness (QED) is 0.500. The molecule has 1 aliphatic rings. The molecular weight excluding hydrogens is 469 g/mol. The molecule has 0 saturated carbocycles. The maximum Gasteiger partial charge on any atom is 0.255 e. The summed E-state index contributed by atoms with van der Waals surface area (Å²) in [5, 5.41) is 3.11. The van der Waals surface area contributed by atoms with Crippen molar-refractivity contribution in [3.05, 3.63) is 94.8 Å². The number of hydrogen-bond acceptors (Lipinski definition) is 4. The van der Waals surface area contributed by atoms with Gasteiger partial charge in [0.15, 0.2) is 0 Å². The van der Waals surface area contributed by atoms with Crippen molar-refractivity contribution in [1.82, 2.24) is 9.80 Å². The fourth-order valence-electron chi connectivity index (χ4n) is 4.23. The Morgan fingerprint density at radius 3 is 2.37 bits per heavy atom. The van der Waals surface area contributed by atoms with Crippen LogP contribution in [-0.2, 0) is 4.79 Å². The SMILES string of the molecule is CCOc1ccccc1NC(=O)C(c1ccccc1)N1CCN(C(=O)c2ccc(F)cc2Cl)CC1. The van der Waals surface area contributed by atoms with E-state index in [1.54, 1.807) is 4.90 Å². The fourth-order valence-corrected chi connectivity index (χ4v) is 4.48. The first kappa shape index (κ1) is 24.7. The van der Waals surface area contributed by atoms with Crippen LogP contribution < -0.4 is 10.1 Å². The summed E-state index contributed by atoms with van der Waals surface area (Å²) >= 11 is 6.10. The van der Waals surface area contributed by atoms with Crippen LogP contribution in [0, 0.1) is 5.82 Å². The van der Waals surface area contributed by atoms with Gasteiger partial charge in [-0.2, -0.15) is 0 Å². The number of benzene rings is 3. The van der Waals surface area contributed by atoms with Crippen LogP contribution in [0.1, 0.15) is 28.9 Å². The van der Waals surface area contributed by atoms with Gasteiger partial charge in [0.25, 0.3) is 5.91 Å². The van der Waals surface area contributed by atoms with Gasteiger partial charge in [0.05, 0.1) is 22.9 Å². The molecule has 1 fully saturated rings. The van der Waals surface area contributed by atoms with Crippen molar-refractivity contribution in [2.45, 2.75) is 13.0 Å². The van der Waals surface area contributed by atoms with Gasteiger partial charge in [0, 0.05) is 26.2 Å². The second kappa shape index (κ2) is 11.3. The third-order valence-corrected chi connectivity index (χ3v) is 6.25. The summed E-state index contributed by atoms with van der Waals surface area (Å²) in [5.41, 5.74) is 1.74. The molecule has 6 nitrogen and oxygen atoms in total. The molecule has 1 unspecified atom stereocenters. The first-order valence-electron chi connectivity index (χ1n) is 11.5. The Morgan fingerprint density at radius 1 is 1.00 bits per heavy atom. The van der Waals surface area contributed by atoms with Crippen molar-refractivity contribution < 1.29 is 18.7 Å². The van der Waals surface area contributed by atoms with Crippen LogP contribution in [0.15, 0.2) is 72.8 Å². The van der Waals surface area contributed by atoms with E-state index in [0.717, 1.165) is 11.6 Å². The molecule has 35 heavy (non-hydrogen) atoms. The standard InChI is InChI=1S/C27H27ClFN3O3/c1-2-35-24-11-7-6-10-23(24)30-26(33)25(19-8-4-3-5-9-19)31-14-16-32(17-15-31)27(34)21-13-12-20(29)18-22(21)28/h3-13,18,25H,2,14-17H2,1H3,(H,30,33). The highest BCUT2D eigenvalue weighted by atomic mass is 35.5. The number of carbonyl (C=O) groups is 2. The number of rotatable bonds is 7. The maximum atomic E-state index is 13.5. The zero-order valence-electron chi connectivity index (χ0n) is 19.4. The Kier molecular flexibility index (Phi) is 8.00. The summed E-state index contributed by atoms with van der Waals surface area (Å²) in [7, 11) is 0. The van der Waals surface area contributed by atoms with Crippen molar-refractivity contribution in [1.29, 1.82) is 0 Å². The summed E-state index contributed by atoms with van der Waals surface area (Å²) in [6.07, 6.45) is 0. The molecular formula is C27H27ClFN3O3. The predicted molar refractivity (Wildman–Crippen MR) is 134 cm³/mol. The molecule has 8 heteroatoms. The molecule has 3 aromatic carbocycles. The predicted octanol–water partition coefficient (Wildman–Crippen LogP) is 5.02. The van der Waals surface area contributed by atoms with Crippen molar-refractivity contribution in [3.63, 3.8) is 0 Å². The Morgan fingerprint density at radius 2 is 1.69 bits per heavy atom. The molecule has 0 aliphatic carbocycles. The van der Waals surface area contributed by atoms with Gasteiger partial charge in [0.1, 0.15) is 17.6 Å². The molecule has 1 aliphatic heterocycles. The fraction of sp³-hybridized carbons (Fsp3) is 0.259. The largest absolute Gasteiger partial charge is 0.492 e. The van der Waals surface area contributed by atoms with E-state index in [1.807, 2.05) is 61.5 Å². The first-order chi connectivity index (χ1) is 17.0. The van der Waals surface area contributed by atoms with Gasteiger partial charge in [-0.3, -0.25) is 14.5 Å². The maximum absolute atomic E-state index is 13.5. The van der Waals surface area contributed by atoms with Crippen LogP contribution in [-0.4, -0.2) is 54.4 Å². The van der Waals surface area contributed by atoms with Gasteiger partial charge >= 0.3 is 0 Å². The molecule has 4 rings (SSSR count). The minimum absolute atomic E-state index is 0.0898. The van der Waals surface area contributed by atoms with Gasteiger partial charge in [-0.25, -0.2) is 4.39 Å². The summed E-state index contributed by atoms with van der Waals surface area (Å²) < 4.78 is 19.1. The first-order valence-corrected chi connectivity index (χ1v) is 11.9. The zero-order chi connectivity index (χ0) is 24.8. The highest BCUT2D eigenvalue weighted by Crippen LogP contribution is 2.29. The highest BCUT2D eigenvalue weighted by molar-refractivity contribution is 6.33. The van der Waals surface area contributed by atoms with E-state index in [9.17, 15) is 14.0 Å². The Balaban J connectivity index is 1.51. The number of amides is 2. The Labute approximate surface area is 209 Å². The zero-order valence-corrected chi connectivity index (χ0v) is 20.2. The van der Waals surface area contributed by atoms with E-state index < -0.39 is 11.9 Å². The van der Waals surface area contributed by atoms with Crippen LogP contribution >= 0.6 is 11.6 Å². The molecule has 1 saturated heterocycles. The smallest absolute Gasteiger partial charge is 0.255 e. The van der Waals surface area contributed by atoms with Gasteiger partial charge in [-0.15, -0.1) is 0 Å². The average Bonchev–Trinajstić information content (AvgIpc) is 2.86. The monoisotopic (exact) mass is 495 g/mol. The molecule has 182 valence electrons. The third-order valence-electron chi connectivity index (χ3n) is 5.94. The normalized spacial score (nSPS) is 14.9. The molecule has 1 heterocycles. The highest BCUT2D eigenvalue weighted by Gasteiger charge is 2.32. The van der Waals surface area contributed by atoms with Crippen LogP contribution in [0.4, 0.5) is 10.1 Å². The van der Waals surface area contributed by atoms with E-state index in [1.165, 1.54) is 12.1 Å². The summed E-state index contributed by atoms with van der Waals surface area (Å²) in [6.45, 7) is 4.20. The van der Waals surface area contributed by atoms with Crippen molar-refractivity contribution in [2.75, 3.05) is 38.1 Å². The minimum atomic E-state index is -0.544. The van der Waals surface area contributed by atoms with E-state index in [0.29, 0.717) is 44.2 Å². The minimum Gasteiger partial charge on any atom is -0.492 e. The number of ether oxygens (including phenoxy) is 1. The third kappa shape index (κ3) is 5.81. The van der Waals surface area contributed by atoms with Gasteiger partial charge in [-0.1, -0.05) is 54.1 Å². The lowest BCUT2D eigenvalue weighted by molar-refractivity contribution is -0.122. The molecule has 1 N–H and O–H groups in total. The molecule has 0 spiro atoms. The summed E-state index contributed by atoms with van der Waals surface area (Å²) in [6, 6.07) is 20.1. The number of nitrogens with zero attached hydrogens (tertiary/aromatic N) is 2. The topological polar surface area (TPSA) is 61.9 Å². The molecule has 3 aromatic rings. The number of piperazine rings is 1. The van der Waals surface area contributed by atoms with E-state index in [2.05, 4.69) is 10.2 Å². The van der Waals surface area contributed by atoms with Crippen molar-refractivity contribution >= 4 is 29.1 Å². The molecule has 0 radical (unpaired) electrons. The number of carbonyl (C=O) groups excluding carboxylic acids is 2. The number of halogens is 2. The number of para-hydroxylation sites is 2. The number of nitrogens with one attached hydrogen (secondary N) is 1. The van der Waals surface area contributed by atoms with Crippen LogP contribution in [0.2, 0.25) is 5.02 Å². The second-order valence-corrected chi connectivity index (χ2v) is 8.59. The Bertz CT molecular complexity index is 1180. The molecule has 1 atom stereocenters. The molecule has 2 amide bonds. The average molecular weight is 496 g/mol. The molecule has 0 bridgehead atoms. The second-order valence-electron chi connectivity index (χ2n) is 8.18. The lowest BCUT2D eigenvalue weighted by Gasteiger charge is -2.39. The number of anilines is 1. The summed E-state index contributed by atoms with van der Waals surface area (Å²) in [5.74, 6) is -0.300. The van der Waals surface area contributed by atoms with Gasteiger partial charge in [-0.05, 0) is 42.8 Å². The van der Waals surface area contributed by atoms with E-state index in [4.69, 9.17) is 16.3 Å². The molecule has 0 aromatic heterocycles. The van der Waals surface area contributed by atoms with Crippen molar-refractivity contribution in [2.24, 2.45) is 0 Å². The van der Waals surface area contributed by atoms with Crippen LogP contribution in [0.5, 0.6) is 5.75 Å². The lowest BCUT2D eigenvalue weighted by Crippen LogP contribution is -2.51. The number of hydrogen-bond donors (Lipinski definition) is 1. The van der Waals surface area contributed by atoms with Crippen molar-refractivity contribution in [3.8, 4) is 5.75 Å². The van der Waals surface area contributed by atoms with Crippen LogP contribution in [0.25, 0.3) is 0 Å². The van der Waals surface area contributed by atoms with E-state index in [-0.39, 0.29) is 22.4 Å². The lowest BCUT2D eigenvalue weighted by atomic mass is 10.0.